The number of anilines is 1. The summed E-state index contributed by atoms with van der Waals surface area (Å²) < 4.78 is 12.9. The number of carbonyl (C=O) groups is 2. The maximum absolute atomic E-state index is 12.9. The van der Waals surface area contributed by atoms with Crippen LogP contribution >= 0.6 is 0 Å². The van der Waals surface area contributed by atoms with Crippen LogP contribution in [-0.4, -0.2) is 29.8 Å². The van der Waals surface area contributed by atoms with Gasteiger partial charge in [-0.1, -0.05) is 30.7 Å². The quantitative estimate of drug-likeness (QED) is 0.797. The van der Waals surface area contributed by atoms with Crippen molar-refractivity contribution in [1.29, 1.82) is 0 Å². The van der Waals surface area contributed by atoms with Gasteiger partial charge in [0.2, 0.25) is 0 Å². The Morgan fingerprint density at radius 2 is 1.48 bits per heavy atom. The smallest absolute Gasteiger partial charge is 0.313 e. The lowest BCUT2D eigenvalue weighted by molar-refractivity contribution is -0.136. The number of piperidine rings is 1. The Hall–Kier alpha value is -2.73. The summed E-state index contributed by atoms with van der Waals surface area (Å²) in [6, 6.07) is 13.3. The summed E-state index contributed by atoms with van der Waals surface area (Å²) in [6.07, 6.45) is 3.86. The first kappa shape index (κ1) is 19.0. The van der Waals surface area contributed by atoms with Gasteiger partial charge in [-0.15, -0.1) is 0 Å². The fourth-order valence-electron chi connectivity index (χ4n) is 3.12. The number of benzene rings is 2. The predicted molar refractivity (Wildman–Crippen MR) is 102 cm³/mol. The van der Waals surface area contributed by atoms with E-state index in [2.05, 4.69) is 27.7 Å². The van der Waals surface area contributed by atoms with Crippen LogP contribution in [0.15, 0.2) is 48.5 Å². The zero-order chi connectivity index (χ0) is 19.1. The lowest BCUT2D eigenvalue weighted by Gasteiger charge is -2.26. The van der Waals surface area contributed by atoms with Crippen molar-refractivity contribution >= 4 is 17.5 Å². The van der Waals surface area contributed by atoms with E-state index in [9.17, 15) is 14.0 Å². The van der Waals surface area contributed by atoms with Crippen molar-refractivity contribution in [3.8, 4) is 0 Å². The third-order valence-corrected chi connectivity index (χ3v) is 4.64. The van der Waals surface area contributed by atoms with Gasteiger partial charge in [0.1, 0.15) is 5.82 Å². The SMILES string of the molecule is O=C(NCc1ccc(CN2CCCCC2)cc1)C(=O)Nc1ccc(F)cc1. The van der Waals surface area contributed by atoms with Crippen LogP contribution in [0.4, 0.5) is 10.1 Å². The summed E-state index contributed by atoms with van der Waals surface area (Å²) in [4.78, 5) is 26.2. The van der Waals surface area contributed by atoms with Gasteiger partial charge in [0.25, 0.3) is 0 Å². The Labute approximate surface area is 158 Å². The molecule has 2 N–H and O–H groups in total. The van der Waals surface area contributed by atoms with Crippen LogP contribution in [0.1, 0.15) is 30.4 Å². The maximum atomic E-state index is 12.9. The Bertz CT molecular complexity index is 769. The van der Waals surface area contributed by atoms with Crippen molar-refractivity contribution in [2.24, 2.45) is 0 Å². The third-order valence-electron chi connectivity index (χ3n) is 4.64. The molecule has 142 valence electrons. The molecule has 27 heavy (non-hydrogen) atoms. The molecule has 0 spiro atoms. The Morgan fingerprint density at radius 1 is 0.852 bits per heavy atom. The standard InChI is InChI=1S/C21H24FN3O2/c22-18-8-10-19(11-9-18)24-21(27)20(26)23-14-16-4-6-17(7-5-16)15-25-12-2-1-3-13-25/h4-11H,1-3,12-15H2,(H,23,26)(H,24,27). The second kappa shape index (κ2) is 9.28. The van der Waals surface area contributed by atoms with Gasteiger partial charge in [0.15, 0.2) is 0 Å². The van der Waals surface area contributed by atoms with Crippen LogP contribution in [-0.2, 0) is 22.7 Å². The molecule has 6 heteroatoms. The number of likely N-dealkylation sites (tertiary alicyclic amines) is 1. The molecule has 2 aromatic carbocycles. The van der Waals surface area contributed by atoms with E-state index in [0.29, 0.717) is 5.69 Å². The van der Waals surface area contributed by atoms with Crippen molar-refractivity contribution in [3.63, 3.8) is 0 Å². The van der Waals surface area contributed by atoms with Gasteiger partial charge in [-0.25, -0.2) is 4.39 Å². The van der Waals surface area contributed by atoms with Crippen molar-refractivity contribution in [3.05, 3.63) is 65.5 Å². The molecule has 1 saturated heterocycles. The van der Waals surface area contributed by atoms with E-state index in [-0.39, 0.29) is 6.54 Å². The lowest BCUT2D eigenvalue weighted by Crippen LogP contribution is -2.34. The molecule has 0 aromatic heterocycles. The first-order valence-corrected chi connectivity index (χ1v) is 9.25. The van der Waals surface area contributed by atoms with Crippen molar-refractivity contribution < 1.29 is 14.0 Å². The summed E-state index contributed by atoms with van der Waals surface area (Å²) in [5.74, 6) is -1.90. The third kappa shape index (κ3) is 5.89. The highest BCUT2D eigenvalue weighted by molar-refractivity contribution is 6.39. The first-order valence-electron chi connectivity index (χ1n) is 9.25. The van der Waals surface area contributed by atoms with E-state index in [1.54, 1.807) is 0 Å². The molecule has 3 rings (SSSR count). The first-order chi connectivity index (χ1) is 13.1. The molecule has 2 amide bonds. The van der Waals surface area contributed by atoms with E-state index in [1.807, 2.05) is 12.1 Å². The predicted octanol–water partition coefficient (Wildman–Crippen LogP) is 3.07. The highest BCUT2D eigenvalue weighted by Crippen LogP contribution is 2.13. The number of nitrogens with zero attached hydrogens (tertiary/aromatic N) is 1. The van der Waals surface area contributed by atoms with Crippen molar-refractivity contribution in [2.75, 3.05) is 18.4 Å². The largest absolute Gasteiger partial charge is 0.344 e. The Morgan fingerprint density at radius 3 is 2.15 bits per heavy atom. The molecule has 2 aromatic rings. The van der Waals surface area contributed by atoms with E-state index < -0.39 is 17.6 Å². The van der Waals surface area contributed by atoms with Gasteiger partial charge >= 0.3 is 11.8 Å². The van der Waals surface area contributed by atoms with Gasteiger partial charge in [-0.3, -0.25) is 14.5 Å². The zero-order valence-corrected chi connectivity index (χ0v) is 15.2. The minimum absolute atomic E-state index is 0.277. The number of hydrogen-bond donors (Lipinski definition) is 2. The molecule has 0 atom stereocenters. The summed E-state index contributed by atoms with van der Waals surface area (Å²) in [6.45, 7) is 3.54. The Kier molecular flexibility index (Phi) is 6.54. The van der Waals surface area contributed by atoms with Gasteiger partial charge < -0.3 is 10.6 Å². The lowest BCUT2D eigenvalue weighted by atomic mass is 10.1. The maximum Gasteiger partial charge on any atom is 0.313 e. The second-order valence-electron chi connectivity index (χ2n) is 6.80. The number of halogens is 1. The average Bonchev–Trinajstić information content (AvgIpc) is 2.69. The van der Waals surface area contributed by atoms with Gasteiger partial charge in [0.05, 0.1) is 0 Å². The molecule has 0 unspecified atom stereocenters. The summed E-state index contributed by atoms with van der Waals surface area (Å²) in [7, 11) is 0. The summed E-state index contributed by atoms with van der Waals surface area (Å²) >= 11 is 0. The molecule has 0 radical (unpaired) electrons. The fraction of sp³-hybridized carbons (Fsp3) is 0.333. The van der Waals surface area contributed by atoms with Gasteiger partial charge in [0, 0.05) is 18.8 Å². The van der Waals surface area contributed by atoms with Crippen LogP contribution in [0.5, 0.6) is 0 Å². The minimum atomic E-state index is -0.775. The molecular formula is C21H24FN3O2. The molecule has 1 aliphatic rings. The topological polar surface area (TPSA) is 61.4 Å². The number of nitrogens with one attached hydrogen (secondary N) is 2. The number of amides is 2. The number of rotatable bonds is 5. The Balaban J connectivity index is 1.45. The highest BCUT2D eigenvalue weighted by Gasteiger charge is 2.14. The average molecular weight is 369 g/mol. The monoisotopic (exact) mass is 369 g/mol. The normalized spacial score (nSPS) is 14.6. The number of hydrogen-bond acceptors (Lipinski definition) is 3. The molecule has 1 heterocycles. The van der Waals surface area contributed by atoms with Crippen molar-refractivity contribution in [2.45, 2.75) is 32.4 Å². The highest BCUT2D eigenvalue weighted by atomic mass is 19.1. The number of carbonyl (C=O) groups excluding carboxylic acids is 2. The van der Waals surface area contributed by atoms with Gasteiger partial charge in [-0.2, -0.15) is 0 Å². The van der Waals surface area contributed by atoms with Crippen LogP contribution in [0, 0.1) is 5.82 Å². The van der Waals surface area contributed by atoms with Crippen molar-refractivity contribution in [1.82, 2.24) is 10.2 Å². The van der Waals surface area contributed by atoms with E-state index >= 15 is 0 Å². The molecule has 5 nitrogen and oxygen atoms in total. The fourth-order valence-corrected chi connectivity index (χ4v) is 3.12. The van der Waals surface area contributed by atoms with E-state index in [1.165, 1.54) is 49.1 Å². The summed E-state index contributed by atoms with van der Waals surface area (Å²) in [5.41, 5.74) is 2.56. The summed E-state index contributed by atoms with van der Waals surface area (Å²) in [5, 5.41) is 5.03. The molecular weight excluding hydrogens is 345 g/mol. The van der Waals surface area contributed by atoms with Crippen LogP contribution in [0.25, 0.3) is 0 Å². The van der Waals surface area contributed by atoms with Crippen LogP contribution < -0.4 is 10.6 Å². The zero-order valence-electron chi connectivity index (χ0n) is 15.2. The molecule has 0 bridgehead atoms. The van der Waals surface area contributed by atoms with E-state index in [0.717, 1.165) is 25.2 Å². The molecule has 1 aliphatic heterocycles. The van der Waals surface area contributed by atoms with Crippen LogP contribution in [0.3, 0.4) is 0 Å². The molecule has 0 saturated carbocycles. The minimum Gasteiger partial charge on any atom is -0.344 e. The molecule has 0 aliphatic carbocycles. The van der Waals surface area contributed by atoms with Gasteiger partial charge in [-0.05, 0) is 61.3 Å². The second-order valence-corrected chi connectivity index (χ2v) is 6.80. The molecule has 1 fully saturated rings. The van der Waals surface area contributed by atoms with E-state index in [4.69, 9.17) is 0 Å². The van der Waals surface area contributed by atoms with Crippen LogP contribution in [0.2, 0.25) is 0 Å².